The van der Waals surface area contributed by atoms with Gasteiger partial charge in [0.1, 0.15) is 5.76 Å². The summed E-state index contributed by atoms with van der Waals surface area (Å²) in [7, 11) is 0. The predicted octanol–water partition coefficient (Wildman–Crippen LogP) is 2.57. The van der Waals surface area contributed by atoms with E-state index in [0.717, 1.165) is 4.88 Å². The van der Waals surface area contributed by atoms with Crippen LogP contribution in [0.15, 0.2) is 45.5 Å². The lowest BCUT2D eigenvalue weighted by Gasteiger charge is -2.10. The van der Waals surface area contributed by atoms with Crippen molar-refractivity contribution in [1.29, 1.82) is 0 Å². The van der Waals surface area contributed by atoms with Crippen LogP contribution in [-0.4, -0.2) is 18.7 Å². The summed E-state index contributed by atoms with van der Waals surface area (Å²) >= 11 is 1.55. The van der Waals surface area contributed by atoms with Crippen LogP contribution < -0.4 is 5.32 Å². The second kappa shape index (κ2) is 6.75. The lowest BCUT2D eigenvalue weighted by molar-refractivity contribution is -0.126. The summed E-state index contributed by atoms with van der Waals surface area (Å²) in [5.41, 5.74) is 0. The maximum absolute atomic E-state index is 11.6. The van der Waals surface area contributed by atoms with Gasteiger partial charge in [-0.3, -0.25) is 4.79 Å². The maximum Gasteiger partial charge on any atom is 0.261 e. The van der Waals surface area contributed by atoms with E-state index in [0.29, 0.717) is 5.76 Å². The Morgan fingerprint density at radius 1 is 1.58 bits per heavy atom. The molecular formula is C13H14N2O3S. The van der Waals surface area contributed by atoms with Crippen molar-refractivity contribution >= 4 is 23.5 Å². The normalized spacial score (nSPS) is 12.5. The summed E-state index contributed by atoms with van der Waals surface area (Å²) in [6.45, 7) is 1.72. The van der Waals surface area contributed by atoms with Crippen molar-refractivity contribution in [1.82, 2.24) is 5.32 Å². The number of carbonyl (C=O) groups is 1. The van der Waals surface area contributed by atoms with E-state index in [1.807, 2.05) is 24.4 Å². The molecule has 100 valence electrons. The smallest absolute Gasteiger partial charge is 0.261 e. The van der Waals surface area contributed by atoms with Crippen molar-refractivity contribution in [3.8, 4) is 0 Å². The highest BCUT2D eigenvalue weighted by atomic mass is 32.1. The van der Waals surface area contributed by atoms with Crippen LogP contribution >= 0.6 is 11.3 Å². The molecule has 6 heteroatoms. The van der Waals surface area contributed by atoms with Gasteiger partial charge in [0.2, 0.25) is 0 Å². The van der Waals surface area contributed by atoms with E-state index in [-0.39, 0.29) is 18.6 Å². The van der Waals surface area contributed by atoms with E-state index in [4.69, 9.17) is 9.25 Å². The highest BCUT2D eigenvalue weighted by molar-refractivity contribution is 7.11. The summed E-state index contributed by atoms with van der Waals surface area (Å²) < 4.78 is 5.19. The molecule has 0 aliphatic heterocycles. The number of carbonyl (C=O) groups excluding carboxylic acids is 1. The van der Waals surface area contributed by atoms with Crippen LogP contribution in [0.25, 0.3) is 0 Å². The number of nitrogens with one attached hydrogen (secondary N) is 1. The maximum atomic E-state index is 11.6. The standard InChI is InChI=1S/C13H14N2O3S/c1-10(12-5-2-6-17-12)15-13(16)9-18-14-8-11-4-3-7-19-11/h2-8,10H,9H2,1H3,(H,15,16)/b14-8+. The Morgan fingerprint density at radius 2 is 2.47 bits per heavy atom. The molecule has 0 radical (unpaired) electrons. The predicted molar refractivity (Wildman–Crippen MR) is 73.1 cm³/mol. The highest BCUT2D eigenvalue weighted by Gasteiger charge is 2.11. The van der Waals surface area contributed by atoms with Gasteiger partial charge in [0.15, 0.2) is 6.61 Å². The molecule has 1 amide bonds. The van der Waals surface area contributed by atoms with Gasteiger partial charge in [-0.2, -0.15) is 0 Å². The third kappa shape index (κ3) is 4.26. The number of oxime groups is 1. The minimum absolute atomic E-state index is 0.118. The first kappa shape index (κ1) is 13.4. The SMILES string of the molecule is CC(NC(=O)CO/N=C/c1cccs1)c1ccco1. The lowest BCUT2D eigenvalue weighted by Crippen LogP contribution is -2.29. The van der Waals surface area contributed by atoms with Crippen LogP contribution in [0.5, 0.6) is 0 Å². The third-order valence-corrected chi connectivity index (χ3v) is 3.15. The van der Waals surface area contributed by atoms with Crippen LogP contribution in [0.2, 0.25) is 0 Å². The molecule has 0 spiro atoms. The minimum atomic E-state index is -0.243. The first-order valence-corrected chi connectivity index (χ1v) is 6.65. The molecule has 0 aliphatic rings. The zero-order valence-corrected chi connectivity index (χ0v) is 11.2. The van der Waals surface area contributed by atoms with Crippen LogP contribution in [0.1, 0.15) is 23.6 Å². The number of nitrogens with zero attached hydrogens (tertiary/aromatic N) is 1. The summed E-state index contributed by atoms with van der Waals surface area (Å²) in [6, 6.07) is 7.23. The van der Waals surface area contributed by atoms with Crippen molar-refractivity contribution in [3.63, 3.8) is 0 Å². The molecular weight excluding hydrogens is 264 g/mol. The third-order valence-electron chi connectivity index (χ3n) is 2.34. The molecule has 19 heavy (non-hydrogen) atoms. The van der Waals surface area contributed by atoms with Gasteiger partial charge in [-0.1, -0.05) is 11.2 Å². The number of hydrogen-bond donors (Lipinski definition) is 1. The van der Waals surface area contributed by atoms with Crippen molar-refractivity contribution in [2.75, 3.05) is 6.61 Å². The average molecular weight is 278 g/mol. The van der Waals surface area contributed by atoms with Crippen LogP contribution in [-0.2, 0) is 9.63 Å². The van der Waals surface area contributed by atoms with Crippen molar-refractivity contribution in [3.05, 3.63) is 46.5 Å². The van der Waals surface area contributed by atoms with E-state index in [1.54, 1.807) is 35.9 Å². The molecule has 1 unspecified atom stereocenters. The van der Waals surface area contributed by atoms with Crippen LogP contribution in [0.4, 0.5) is 0 Å². The molecule has 0 aliphatic carbocycles. The number of rotatable bonds is 6. The van der Waals surface area contributed by atoms with Gasteiger partial charge in [0.05, 0.1) is 18.5 Å². The molecule has 0 saturated heterocycles. The van der Waals surface area contributed by atoms with Gasteiger partial charge in [-0.15, -0.1) is 11.3 Å². The number of thiophene rings is 1. The van der Waals surface area contributed by atoms with Crippen molar-refractivity contribution in [2.24, 2.45) is 5.16 Å². The van der Waals surface area contributed by atoms with E-state index >= 15 is 0 Å². The molecule has 2 aromatic rings. The fourth-order valence-corrected chi connectivity index (χ4v) is 2.02. The van der Waals surface area contributed by atoms with E-state index in [1.165, 1.54) is 0 Å². The Bertz CT molecular complexity index is 520. The largest absolute Gasteiger partial charge is 0.467 e. The Morgan fingerprint density at radius 3 is 3.16 bits per heavy atom. The van der Waals surface area contributed by atoms with Gasteiger partial charge in [0, 0.05) is 4.88 Å². The zero-order chi connectivity index (χ0) is 13.5. The van der Waals surface area contributed by atoms with Crippen LogP contribution in [0, 0.1) is 0 Å². The minimum Gasteiger partial charge on any atom is -0.467 e. The summed E-state index contributed by atoms with van der Waals surface area (Å²) in [5.74, 6) is 0.461. The number of furan rings is 1. The Kier molecular flexibility index (Phi) is 4.74. The average Bonchev–Trinajstić information content (AvgIpc) is 3.07. The monoisotopic (exact) mass is 278 g/mol. The van der Waals surface area contributed by atoms with E-state index in [2.05, 4.69) is 10.5 Å². The van der Waals surface area contributed by atoms with Gasteiger partial charge in [0.25, 0.3) is 5.91 Å². The second-order valence-electron chi connectivity index (χ2n) is 3.83. The molecule has 0 fully saturated rings. The van der Waals surface area contributed by atoms with Crippen molar-refractivity contribution < 1.29 is 14.0 Å². The van der Waals surface area contributed by atoms with Gasteiger partial charge in [-0.25, -0.2) is 0 Å². The molecule has 1 N–H and O–H groups in total. The van der Waals surface area contributed by atoms with Crippen molar-refractivity contribution in [2.45, 2.75) is 13.0 Å². The van der Waals surface area contributed by atoms with E-state index in [9.17, 15) is 4.79 Å². The van der Waals surface area contributed by atoms with E-state index < -0.39 is 0 Å². The first-order valence-electron chi connectivity index (χ1n) is 5.77. The molecule has 0 bridgehead atoms. The lowest BCUT2D eigenvalue weighted by atomic mass is 10.2. The molecule has 0 saturated carbocycles. The van der Waals surface area contributed by atoms with Crippen LogP contribution in [0.3, 0.4) is 0 Å². The molecule has 2 rings (SSSR count). The molecule has 5 nitrogen and oxygen atoms in total. The summed E-state index contributed by atoms with van der Waals surface area (Å²) in [5, 5.41) is 8.42. The fourth-order valence-electron chi connectivity index (χ4n) is 1.44. The summed E-state index contributed by atoms with van der Waals surface area (Å²) in [4.78, 5) is 17.5. The van der Waals surface area contributed by atoms with Gasteiger partial charge in [-0.05, 0) is 30.5 Å². The summed E-state index contributed by atoms with van der Waals surface area (Å²) in [6.07, 6.45) is 3.15. The highest BCUT2D eigenvalue weighted by Crippen LogP contribution is 2.11. The molecule has 1 atom stereocenters. The second-order valence-corrected chi connectivity index (χ2v) is 4.81. The number of hydrogen-bond acceptors (Lipinski definition) is 5. The van der Waals surface area contributed by atoms with Gasteiger partial charge < -0.3 is 14.6 Å². The Labute approximate surface area is 114 Å². The Balaban J connectivity index is 1.70. The molecule has 2 aromatic heterocycles. The first-order chi connectivity index (χ1) is 9.25. The zero-order valence-electron chi connectivity index (χ0n) is 10.4. The topological polar surface area (TPSA) is 63.8 Å². The molecule has 2 heterocycles. The quantitative estimate of drug-likeness (QED) is 0.652. The number of amides is 1. The fraction of sp³-hybridized carbons (Fsp3) is 0.231. The Hall–Kier alpha value is -2.08. The molecule has 0 aromatic carbocycles. The van der Waals surface area contributed by atoms with Gasteiger partial charge >= 0.3 is 0 Å².